The second-order valence-electron chi connectivity index (χ2n) is 7.28. The molecule has 0 aliphatic carbocycles. The summed E-state index contributed by atoms with van der Waals surface area (Å²) in [5, 5.41) is 9.18. The average Bonchev–Trinajstić information content (AvgIpc) is 2.70. The van der Waals surface area contributed by atoms with Crippen molar-refractivity contribution in [2.75, 3.05) is 39.5 Å². The van der Waals surface area contributed by atoms with Crippen LogP contribution in [-0.2, 0) is 23.9 Å². The number of hydrogen-bond donors (Lipinski definition) is 3. The van der Waals surface area contributed by atoms with Gasteiger partial charge in [0.05, 0.1) is 12.1 Å². The Balaban J connectivity index is 1.81. The Morgan fingerprint density at radius 3 is 2.35 bits per heavy atom. The van der Waals surface area contributed by atoms with Crippen LogP contribution in [0.15, 0.2) is 53.5 Å². The molecule has 2 rings (SSSR count). The number of guanidine groups is 1. The lowest BCUT2D eigenvalue weighted by atomic mass is 10.1. The van der Waals surface area contributed by atoms with Crippen molar-refractivity contribution in [3.8, 4) is 0 Å². The Kier molecular flexibility index (Phi) is 8.87. The Labute approximate surface area is 180 Å². The molecule has 0 aromatic heterocycles. The average molecular weight is 435 g/mol. The molecular weight excluding hydrogens is 407 g/mol. The molecule has 0 aliphatic rings. The summed E-state index contributed by atoms with van der Waals surface area (Å²) < 4.78 is 37.9. The van der Waals surface area contributed by atoms with Crippen molar-refractivity contribution in [1.29, 1.82) is 0 Å². The number of carbonyl (C=O) groups excluding carboxylic acids is 1. The summed E-state index contributed by atoms with van der Waals surface area (Å²) in [5.41, 5.74) is 1.84. The van der Waals surface area contributed by atoms with Crippen molar-refractivity contribution < 1.29 is 18.0 Å². The molecule has 0 fully saturated rings. The Morgan fingerprint density at radius 1 is 1.03 bits per heavy atom. The number of aliphatic imine (C=N–C) groups is 1. The third-order valence-electron chi connectivity index (χ3n) is 4.34. The minimum atomic E-state index is -4.32. The fraction of sp³-hybridized carbons (Fsp3) is 0.364. The van der Waals surface area contributed by atoms with E-state index in [0.717, 1.165) is 28.9 Å². The number of anilines is 1. The predicted octanol–water partition coefficient (Wildman–Crippen LogP) is 3.11. The summed E-state index contributed by atoms with van der Waals surface area (Å²) in [6, 6.07) is 12.7. The van der Waals surface area contributed by atoms with Crippen LogP contribution in [0.4, 0.5) is 18.9 Å². The van der Waals surface area contributed by atoms with E-state index in [4.69, 9.17) is 0 Å². The molecular formula is C22H28F3N5O. The van der Waals surface area contributed by atoms with Gasteiger partial charge in [-0.1, -0.05) is 24.3 Å². The third kappa shape index (κ3) is 8.67. The van der Waals surface area contributed by atoms with E-state index in [2.05, 4.69) is 20.9 Å². The number of likely N-dealkylation sites (N-methyl/N-ethyl adjacent to an activating group) is 1. The topological polar surface area (TPSA) is 68.8 Å². The highest BCUT2D eigenvalue weighted by Gasteiger charge is 2.29. The fourth-order valence-electron chi connectivity index (χ4n) is 2.84. The van der Waals surface area contributed by atoms with Crippen LogP contribution in [-0.4, -0.2) is 51.0 Å². The van der Waals surface area contributed by atoms with Crippen LogP contribution in [0.5, 0.6) is 0 Å². The summed E-state index contributed by atoms with van der Waals surface area (Å²) in [4.78, 5) is 17.8. The number of halogens is 3. The monoisotopic (exact) mass is 435 g/mol. The maximum absolute atomic E-state index is 12.6. The molecule has 2 aromatic carbocycles. The van der Waals surface area contributed by atoms with Gasteiger partial charge in [-0.2, -0.15) is 13.2 Å². The van der Waals surface area contributed by atoms with Crippen molar-refractivity contribution in [2.24, 2.45) is 4.99 Å². The van der Waals surface area contributed by atoms with Gasteiger partial charge in [0.1, 0.15) is 0 Å². The van der Waals surface area contributed by atoms with Crippen molar-refractivity contribution in [3.63, 3.8) is 0 Å². The van der Waals surface area contributed by atoms with Crippen LogP contribution in [0.25, 0.3) is 0 Å². The lowest BCUT2D eigenvalue weighted by Gasteiger charge is -2.14. The first-order valence-electron chi connectivity index (χ1n) is 9.81. The molecule has 168 valence electrons. The summed E-state index contributed by atoms with van der Waals surface area (Å²) >= 11 is 0. The molecule has 0 saturated carbocycles. The molecule has 9 heteroatoms. The van der Waals surface area contributed by atoms with Gasteiger partial charge in [0.15, 0.2) is 5.96 Å². The maximum atomic E-state index is 12.6. The highest BCUT2D eigenvalue weighted by Crippen LogP contribution is 2.29. The normalized spacial score (nSPS) is 12.0. The fourth-order valence-corrected chi connectivity index (χ4v) is 2.84. The lowest BCUT2D eigenvalue weighted by molar-refractivity contribution is -0.137. The van der Waals surface area contributed by atoms with E-state index < -0.39 is 11.7 Å². The van der Waals surface area contributed by atoms with Gasteiger partial charge < -0.3 is 20.9 Å². The van der Waals surface area contributed by atoms with Gasteiger partial charge in [0, 0.05) is 25.8 Å². The summed E-state index contributed by atoms with van der Waals surface area (Å²) in [6.45, 7) is 1.32. The number of amides is 1. The van der Waals surface area contributed by atoms with Crippen LogP contribution in [0.2, 0.25) is 0 Å². The third-order valence-corrected chi connectivity index (χ3v) is 4.34. The van der Waals surface area contributed by atoms with Gasteiger partial charge in [0.25, 0.3) is 0 Å². The van der Waals surface area contributed by atoms with Gasteiger partial charge in [-0.15, -0.1) is 0 Å². The highest BCUT2D eigenvalue weighted by atomic mass is 19.4. The van der Waals surface area contributed by atoms with E-state index in [1.165, 1.54) is 12.1 Å². The van der Waals surface area contributed by atoms with E-state index in [9.17, 15) is 18.0 Å². The van der Waals surface area contributed by atoms with Crippen molar-refractivity contribution >= 4 is 17.6 Å². The number of nitrogens with zero attached hydrogens (tertiary/aromatic N) is 2. The van der Waals surface area contributed by atoms with Crippen LogP contribution in [0.1, 0.15) is 16.7 Å². The molecule has 6 nitrogen and oxygen atoms in total. The van der Waals surface area contributed by atoms with E-state index in [-0.39, 0.29) is 5.91 Å². The molecule has 0 atom stereocenters. The molecule has 0 unspecified atom stereocenters. The number of rotatable bonds is 8. The number of benzene rings is 2. The molecule has 0 radical (unpaired) electrons. The standard InChI is InChI=1S/C22H28F3N5O/c1-26-21(27-12-11-16-7-9-18(10-8-16)22(23,24)25)28-14-17-5-4-6-19(13-17)29-20(31)15-30(2)3/h4-10,13H,11-12,14-15H2,1-3H3,(H,29,31)(H2,26,27,28). The molecule has 0 bridgehead atoms. The van der Waals surface area contributed by atoms with Crippen LogP contribution < -0.4 is 16.0 Å². The molecule has 1 amide bonds. The van der Waals surface area contributed by atoms with E-state index in [0.29, 0.717) is 32.0 Å². The molecule has 31 heavy (non-hydrogen) atoms. The van der Waals surface area contributed by atoms with E-state index >= 15 is 0 Å². The second-order valence-corrected chi connectivity index (χ2v) is 7.28. The summed E-state index contributed by atoms with van der Waals surface area (Å²) in [7, 11) is 5.30. The second kappa shape index (κ2) is 11.4. The van der Waals surface area contributed by atoms with E-state index in [1.54, 1.807) is 11.9 Å². The van der Waals surface area contributed by atoms with Gasteiger partial charge in [-0.05, 0) is 55.9 Å². The zero-order valence-corrected chi connectivity index (χ0v) is 17.9. The molecule has 0 aliphatic heterocycles. The highest BCUT2D eigenvalue weighted by molar-refractivity contribution is 5.92. The van der Waals surface area contributed by atoms with Crippen molar-refractivity contribution in [2.45, 2.75) is 19.1 Å². The molecule has 3 N–H and O–H groups in total. The maximum Gasteiger partial charge on any atom is 0.416 e. The Morgan fingerprint density at radius 2 is 1.74 bits per heavy atom. The number of nitrogens with one attached hydrogen (secondary N) is 3. The predicted molar refractivity (Wildman–Crippen MR) is 117 cm³/mol. The minimum Gasteiger partial charge on any atom is -0.356 e. The molecule has 0 saturated heterocycles. The number of alkyl halides is 3. The van der Waals surface area contributed by atoms with Gasteiger partial charge in [0.2, 0.25) is 5.91 Å². The Bertz CT molecular complexity index is 879. The van der Waals surface area contributed by atoms with Crippen LogP contribution in [0.3, 0.4) is 0 Å². The molecule has 0 spiro atoms. The zero-order valence-electron chi connectivity index (χ0n) is 17.9. The van der Waals surface area contributed by atoms with Gasteiger partial charge >= 0.3 is 6.18 Å². The van der Waals surface area contributed by atoms with Gasteiger partial charge in [-0.3, -0.25) is 9.79 Å². The van der Waals surface area contributed by atoms with Crippen molar-refractivity contribution in [3.05, 3.63) is 65.2 Å². The largest absolute Gasteiger partial charge is 0.416 e. The molecule has 2 aromatic rings. The smallest absolute Gasteiger partial charge is 0.356 e. The van der Waals surface area contributed by atoms with Crippen LogP contribution in [0, 0.1) is 0 Å². The number of hydrogen-bond acceptors (Lipinski definition) is 3. The Hall–Kier alpha value is -3.07. The summed E-state index contributed by atoms with van der Waals surface area (Å²) in [5.74, 6) is 0.491. The SMILES string of the molecule is CN=C(NCCc1ccc(C(F)(F)F)cc1)NCc1cccc(NC(=O)CN(C)C)c1. The first-order chi connectivity index (χ1) is 14.7. The number of carbonyl (C=O) groups is 1. The molecule has 0 heterocycles. The first-order valence-corrected chi connectivity index (χ1v) is 9.81. The quantitative estimate of drug-likeness (QED) is 0.440. The van der Waals surface area contributed by atoms with Crippen LogP contribution >= 0.6 is 0 Å². The summed E-state index contributed by atoms with van der Waals surface area (Å²) in [6.07, 6.45) is -3.76. The van der Waals surface area contributed by atoms with Gasteiger partial charge in [-0.25, -0.2) is 0 Å². The minimum absolute atomic E-state index is 0.0872. The van der Waals surface area contributed by atoms with E-state index in [1.807, 2.05) is 38.4 Å². The van der Waals surface area contributed by atoms with Crippen molar-refractivity contribution in [1.82, 2.24) is 15.5 Å². The zero-order chi connectivity index (χ0) is 22.9. The lowest BCUT2D eigenvalue weighted by Crippen LogP contribution is -2.37. The first kappa shape index (κ1) is 24.2.